The molecule has 1 heterocycles. The highest BCUT2D eigenvalue weighted by molar-refractivity contribution is 6.32. The van der Waals surface area contributed by atoms with Gasteiger partial charge in [-0.2, -0.15) is 0 Å². The normalized spacial score (nSPS) is 10.7. The number of ether oxygens (including phenoxy) is 1. The molecule has 0 spiro atoms. The van der Waals surface area contributed by atoms with Crippen LogP contribution in [0.25, 0.3) is 11.3 Å². The number of hydrogen-bond acceptors (Lipinski definition) is 3. The summed E-state index contributed by atoms with van der Waals surface area (Å²) in [5, 5.41) is 0.591. The van der Waals surface area contributed by atoms with Gasteiger partial charge < -0.3 is 15.0 Å². The van der Waals surface area contributed by atoms with Crippen molar-refractivity contribution < 1.29 is 4.74 Å². The zero-order chi connectivity index (χ0) is 13.3. The van der Waals surface area contributed by atoms with Crippen LogP contribution in [0.5, 0.6) is 5.75 Å². The predicted molar refractivity (Wildman–Crippen MR) is 74.0 cm³/mol. The largest absolute Gasteiger partial charge is 0.492 e. The molecule has 1 aromatic heterocycles. The summed E-state index contributed by atoms with van der Waals surface area (Å²) < 4.78 is 7.26. The monoisotopic (exact) mass is 265 g/mol. The molecule has 0 unspecified atom stereocenters. The molecule has 0 amide bonds. The molecule has 2 N–H and O–H groups in total. The van der Waals surface area contributed by atoms with Gasteiger partial charge in [0.15, 0.2) is 0 Å². The fourth-order valence-electron chi connectivity index (χ4n) is 1.98. The Morgan fingerprint density at radius 3 is 2.67 bits per heavy atom. The van der Waals surface area contributed by atoms with Gasteiger partial charge in [-0.1, -0.05) is 11.6 Å². The lowest BCUT2D eigenvalue weighted by Gasteiger charge is -2.09. The Labute approximate surface area is 111 Å². The quantitative estimate of drug-likeness (QED) is 0.928. The van der Waals surface area contributed by atoms with Crippen molar-refractivity contribution in [2.75, 3.05) is 12.3 Å². The third-order valence-electron chi connectivity index (χ3n) is 2.81. The van der Waals surface area contributed by atoms with Crippen molar-refractivity contribution in [3.63, 3.8) is 0 Å². The van der Waals surface area contributed by atoms with E-state index in [0.29, 0.717) is 23.3 Å². The van der Waals surface area contributed by atoms with Crippen LogP contribution in [0, 0.1) is 6.92 Å². The van der Waals surface area contributed by atoms with Crippen LogP contribution in [0.15, 0.2) is 18.2 Å². The minimum atomic E-state index is 0.493. The average molecular weight is 266 g/mol. The molecule has 0 bridgehead atoms. The molecule has 0 fully saturated rings. The van der Waals surface area contributed by atoms with Crippen LogP contribution in [0.2, 0.25) is 5.02 Å². The van der Waals surface area contributed by atoms with Crippen LogP contribution in [0.1, 0.15) is 12.6 Å². The van der Waals surface area contributed by atoms with E-state index >= 15 is 0 Å². The first-order valence-electron chi connectivity index (χ1n) is 5.76. The van der Waals surface area contributed by atoms with Gasteiger partial charge in [-0.05, 0) is 32.0 Å². The molecular formula is C13H16ClN3O. The Morgan fingerprint density at radius 1 is 1.44 bits per heavy atom. The van der Waals surface area contributed by atoms with Gasteiger partial charge in [-0.3, -0.25) is 0 Å². The summed E-state index contributed by atoms with van der Waals surface area (Å²) in [4.78, 5) is 4.24. The Hall–Kier alpha value is -1.68. The SMILES string of the molecule is CCOc1ccc(-c2c(C)nc(N)n2C)cc1Cl. The predicted octanol–water partition coefficient (Wildman–Crippen LogP) is 3.03. The van der Waals surface area contributed by atoms with E-state index < -0.39 is 0 Å². The maximum Gasteiger partial charge on any atom is 0.200 e. The average Bonchev–Trinajstić information content (AvgIpc) is 2.56. The molecule has 18 heavy (non-hydrogen) atoms. The first-order valence-corrected chi connectivity index (χ1v) is 6.14. The first-order chi connectivity index (χ1) is 8.54. The van der Waals surface area contributed by atoms with E-state index in [1.807, 2.05) is 43.7 Å². The van der Waals surface area contributed by atoms with Crippen molar-refractivity contribution in [2.45, 2.75) is 13.8 Å². The molecule has 0 saturated carbocycles. The van der Waals surface area contributed by atoms with Crippen LogP contribution < -0.4 is 10.5 Å². The van der Waals surface area contributed by atoms with Crippen LogP contribution >= 0.6 is 11.6 Å². The number of aryl methyl sites for hydroxylation is 1. The van der Waals surface area contributed by atoms with Crippen molar-refractivity contribution in [3.8, 4) is 17.0 Å². The van der Waals surface area contributed by atoms with Crippen LogP contribution in [-0.2, 0) is 7.05 Å². The first kappa shape index (κ1) is 12.8. The number of rotatable bonds is 3. The third kappa shape index (κ3) is 2.16. The lowest BCUT2D eigenvalue weighted by molar-refractivity contribution is 0.340. The topological polar surface area (TPSA) is 53.1 Å². The van der Waals surface area contributed by atoms with E-state index in [-0.39, 0.29) is 0 Å². The van der Waals surface area contributed by atoms with Gasteiger partial charge >= 0.3 is 0 Å². The minimum Gasteiger partial charge on any atom is -0.492 e. The molecule has 0 saturated heterocycles. The number of hydrogen-bond donors (Lipinski definition) is 1. The van der Waals surface area contributed by atoms with E-state index in [9.17, 15) is 0 Å². The number of nitrogens with zero attached hydrogens (tertiary/aromatic N) is 2. The zero-order valence-electron chi connectivity index (χ0n) is 10.7. The maximum absolute atomic E-state index is 6.18. The molecule has 2 aromatic rings. The number of halogens is 1. The molecule has 0 aliphatic carbocycles. The summed E-state index contributed by atoms with van der Waals surface area (Å²) >= 11 is 6.18. The van der Waals surface area contributed by atoms with Gasteiger partial charge in [0.25, 0.3) is 0 Å². The summed E-state index contributed by atoms with van der Waals surface area (Å²) in [7, 11) is 1.88. The highest BCUT2D eigenvalue weighted by atomic mass is 35.5. The van der Waals surface area contributed by atoms with E-state index in [1.165, 1.54) is 0 Å². The fourth-order valence-corrected chi connectivity index (χ4v) is 2.22. The van der Waals surface area contributed by atoms with Crippen LogP contribution in [0.4, 0.5) is 5.95 Å². The molecule has 2 rings (SSSR count). The number of aromatic nitrogens is 2. The van der Waals surface area contributed by atoms with E-state index in [4.69, 9.17) is 22.1 Å². The summed E-state index contributed by atoms with van der Waals surface area (Å²) in [5.41, 5.74) is 8.62. The van der Waals surface area contributed by atoms with E-state index in [1.54, 1.807) is 0 Å². The lowest BCUT2D eigenvalue weighted by atomic mass is 10.1. The molecule has 0 aliphatic heterocycles. The lowest BCUT2D eigenvalue weighted by Crippen LogP contribution is -1.99. The number of anilines is 1. The van der Waals surface area contributed by atoms with E-state index in [0.717, 1.165) is 17.0 Å². The van der Waals surface area contributed by atoms with Gasteiger partial charge in [0.1, 0.15) is 5.75 Å². The van der Waals surface area contributed by atoms with Crippen LogP contribution in [-0.4, -0.2) is 16.2 Å². The van der Waals surface area contributed by atoms with Crippen molar-refractivity contribution in [1.29, 1.82) is 0 Å². The number of nitrogen functional groups attached to an aromatic ring is 1. The van der Waals surface area contributed by atoms with Crippen molar-refractivity contribution in [1.82, 2.24) is 9.55 Å². The Morgan fingerprint density at radius 2 is 2.17 bits per heavy atom. The fraction of sp³-hybridized carbons (Fsp3) is 0.308. The summed E-state index contributed by atoms with van der Waals surface area (Å²) in [6.45, 7) is 4.45. The molecule has 4 nitrogen and oxygen atoms in total. The van der Waals surface area contributed by atoms with Crippen LogP contribution in [0.3, 0.4) is 0 Å². The van der Waals surface area contributed by atoms with Crippen molar-refractivity contribution in [3.05, 3.63) is 28.9 Å². The zero-order valence-corrected chi connectivity index (χ0v) is 11.5. The van der Waals surface area contributed by atoms with Gasteiger partial charge in [-0.15, -0.1) is 0 Å². The van der Waals surface area contributed by atoms with E-state index in [2.05, 4.69) is 4.98 Å². The summed E-state index contributed by atoms with van der Waals surface area (Å²) in [6, 6.07) is 5.69. The second kappa shape index (κ2) is 4.90. The van der Waals surface area contributed by atoms with Gasteiger partial charge in [0, 0.05) is 12.6 Å². The number of imidazole rings is 1. The number of nitrogens with two attached hydrogens (primary N) is 1. The Bertz CT molecular complexity index is 578. The van der Waals surface area contributed by atoms with Gasteiger partial charge in [-0.25, -0.2) is 4.98 Å². The molecule has 0 radical (unpaired) electrons. The molecule has 0 aliphatic rings. The summed E-state index contributed by atoms with van der Waals surface area (Å²) in [6.07, 6.45) is 0. The molecule has 96 valence electrons. The second-order valence-corrected chi connectivity index (χ2v) is 4.45. The smallest absolute Gasteiger partial charge is 0.200 e. The molecule has 0 atom stereocenters. The van der Waals surface area contributed by atoms with Gasteiger partial charge in [0.2, 0.25) is 5.95 Å². The second-order valence-electron chi connectivity index (χ2n) is 4.04. The summed E-state index contributed by atoms with van der Waals surface area (Å²) in [5.74, 6) is 1.18. The van der Waals surface area contributed by atoms with Crippen molar-refractivity contribution >= 4 is 17.5 Å². The third-order valence-corrected chi connectivity index (χ3v) is 3.10. The highest BCUT2D eigenvalue weighted by Crippen LogP contribution is 2.32. The molecule has 5 heteroatoms. The highest BCUT2D eigenvalue weighted by Gasteiger charge is 2.13. The van der Waals surface area contributed by atoms with Gasteiger partial charge in [0.05, 0.1) is 23.0 Å². The van der Waals surface area contributed by atoms with Crippen molar-refractivity contribution in [2.24, 2.45) is 7.05 Å². The maximum atomic E-state index is 6.18. The standard InChI is InChI=1S/C13H16ClN3O/c1-4-18-11-6-5-9(7-10(11)14)12-8(2)16-13(15)17(12)3/h5-7H,4H2,1-3H3,(H2,15,16). The minimum absolute atomic E-state index is 0.493. The molecule has 1 aromatic carbocycles. The molecular weight excluding hydrogens is 250 g/mol. The Balaban J connectivity index is 2.49. The Kier molecular flexibility index (Phi) is 3.48. The number of benzene rings is 1.